The molecule has 0 aliphatic rings. The molecule has 0 radical (unpaired) electrons. The van der Waals surface area contributed by atoms with Crippen molar-refractivity contribution >= 4 is 25.5 Å². The maximum Gasteiger partial charge on any atom is 0.129 e. The van der Waals surface area contributed by atoms with Crippen molar-refractivity contribution in [3.63, 3.8) is 0 Å². The van der Waals surface area contributed by atoms with E-state index < -0.39 is 8.07 Å². The monoisotopic (exact) mass is 333 g/mol. The second-order valence-corrected chi connectivity index (χ2v) is 10.9. The first kappa shape index (κ1) is 17.4. The fourth-order valence-electron chi connectivity index (χ4n) is 1.71. The summed E-state index contributed by atoms with van der Waals surface area (Å²) in [6.07, 6.45) is 0. The number of nitriles is 1. The zero-order valence-corrected chi connectivity index (χ0v) is 14.8. The average Bonchev–Trinajstić information content (AvgIpc) is 2.54. The number of nitrogens with zero attached hydrogens (tertiary/aromatic N) is 3. The first-order valence-electron chi connectivity index (χ1n) is 7.37. The van der Waals surface area contributed by atoms with Gasteiger partial charge in [0.05, 0.1) is 28.6 Å². The van der Waals surface area contributed by atoms with Gasteiger partial charge in [0.15, 0.2) is 0 Å². The molecule has 0 atom stereocenters. The maximum atomic E-state index is 12.9. The molecule has 24 heavy (non-hydrogen) atoms. The standard InChI is InChI=1S/C19H16FN3Si/c1-24(2,3)11-10-16-12-15(13-21)4-9-19(16)23-14-22-18-7-5-17(20)6-8-18/h4-9,12H,1-3H3. The number of hydrogen-bond acceptors (Lipinski definition) is 3. The van der Waals surface area contributed by atoms with E-state index in [2.05, 4.69) is 53.2 Å². The molecule has 0 N–H and O–H groups in total. The molecule has 0 saturated carbocycles. The van der Waals surface area contributed by atoms with Gasteiger partial charge in [0.1, 0.15) is 19.9 Å². The molecule has 0 unspecified atom stereocenters. The van der Waals surface area contributed by atoms with Crippen LogP contribution in [0, 0.1) is 28.6 Å². The highest BCUT2D eigenvalue weighted by atomic mass is 28.3. The topological polar surface area (TPSA) is 48.5 Å². The number of halogens is 1. The lowest BCUT2D eigenvalue weighted by atomic mass is 10.1. The summed E-state index contributed by atoms with van der Waals surface area (Å²) in [7, 11) is -1.54. The lowest BCUT2D eigenvalue weighted by Gasteiger charge is -2.04. The molecule has 2 rings (SSSR count). The minimum Gasteiger partial charge on any atom is -0.207 e. The molecule has 0 aromatic heterocycles. The number of rotatable bonds is 2. The van der Waals surface area contributed by atoms with Crippen molar-refractivity contribution in [3.8, 4) is 17.5 Å². The van der Waals surface area contributed by atoms with Gasteiger partial charge >= 0.3 is 0 Å². The minimum atomic E-state index is -1.54. The molecular formula is C19H16FN3Si. The van der Waals surface area contributed by atoms with Crippen LogP contribution in [0.25, 0.3) is 0 Å². The van der Waals surface area contributed by atoms with E-state index in [1.165, 1.54) is 12.1 Å². The van der Waals surface area contributed by atoms with E-state index in [1.54, 1.807) is 30.3 Å². The Morgan fingerprint density at radius 1 is 1.00 bits per heavy atom. The Bertz CT molecular complexity index is 901. The lowest BCUT2D eigenvalue weighted by molar-refractivity contribution is 0.628. The third-order valence-corrected chi connectivity index (χ3v) is 3.75. The normalized spacial score (nSPS) is 9.96. The molecule has 5 heteroatoms. The van der Waals surface area contributed by atoms with E-state index in [9.17, 15) is 4.39 Å². The maximum absolute atomic E-state index is 12.9. The molecule has 118 valence electrons. The molecular weight excluding hydrogens is 317 g/mol. The van der Waals surface area contributed by atoms with Crippen LogP contribution in [0.1, 0.15) is 11.1 Å². The third-order valence-electron chi connectivity index (χ3n) is 2.87. The predicted molar refractivity (Wildman–Crippen MR) is 97.0 cm³/mol. The zero-order chi connectivity index (χ0) is 17.6. The van der Waals surface area contributed by atoms with E-state index in [1.807, 2.05) is 0 Å². The van der Waals surface area contributed by atoms with Gasteiger partial charge in [0.2, 0.25) is 0 Å². The zero-order valence-electron chi connectivity index (χ0n) is 13.8. The Balaban J connectivity index is 2.38. The molecule has 0 aliphatic carbocycles. The molecule has 0 bridgehead atoms. The van der Waals surface area contributed by atoms with E-state index in [0.717, 1.165) is 0 Å². The van der Waals surface area contributed by atoms with Gasteiger partial charge in [-0.2, -0.15) is 15.2 Å². The summed E-state index contributed by atoms with van der Waals surface area (Å²) >= 11 is 0. The minimum absolute atomic E-state index is 0.318. The Morgan fingerprint density at radius 2 is 1.71 bits per heavy atom. The van der Waals surface area contributed by atoms with Crippen LogP contribution in [-0.4, -0.2) is 14.1 Å². The SMILES string of the molecule is C[Si](C)(C)C#Cc1cc(C#N)ccc1N=C=Nc1ccc(F)cc1. The van der Waals surface area contributed by atoms with Crippen LogP contribution >= 0.6 is 0 Å². The van der Waals surface area contributed by atoms with Crippen molar-refractivity contribution in [2.24, 2.45) is 9.98 Å². The number of aliphatic imine (C=N–C) groups is 2. The molecule has 2 aromatic rings. The molecule has 2 aromatic carbocycles. The highest BCUT2D eigenvalue weighted by Crippen LogP contribution is 2.20. The summed E-state index contributed by atoms with van der Waals surface area (Å²) in [5.41, 5.74) is 5.64. The Hall–Kier alpha value is -2.98. The van der Waals surface area contributed by atoms with Gasteiger partial charge in [-0.1, -0.05) is 25.6 Å². The largest absolute Gasteiger partial charge is 0.207 e. The highest BCUT2D eigenvalue weighted by molar-refractivity contribution is 6.83. The summed E-state index contributed by atoms with van der Waals surface area (Å²) in [5, 5.41) is 9.04. The van der Waals surface area contributed by atoms with Gasteiger partial charge in [-0.15, -0.1) is 5.54 Å². The summed E-state index contributed by atoms with van der Waals surface area (Å²) in [4.78, 5) is 8.24. The van der Waals surface area contributed by atoms with Gasteiger partial charge in [-0.3, -0.25) is 0 Å². The van der Waals surface area contributed by atoms with Gasteiger partial charge in [0, 0.05) is 0 Å². The Labute approximate surface area is 142 Å². The van der Waals surface area contributed by atoms with Crippen LogP contribution in [0.15, 0.2) is 52.4 Å². The van der Waals surface area contributed by atoms with Crippen LogP contribution in [0.4, 0.5) is 15.8 Å². The Kier molecular flexibility index (Phi) is 5.45. The molecule has 3 nitrogen and oxygen atoms in total. The van der Waals surface area contributed by atoms with Crippen LogP contribution in [0.3, 0.4) is 0 Å². The van der Waals surface area contributed by atoms with E-state index >= 15 is 0 Å². The first-order chi connectivity index (χ1) is 11.4. The summed E-state index contributed by atoms with van der Waals surface area (Å²) in [5.74, 6) is 2.80. The summed E-state index contributed by atoms with van der Waals surface area (Å²) in [6, 6.07) is 15.6. The molecule has 0 fully saturated rings. The van der Waals surface area contributed by atoms with E-state index in [0.29, 0.717) is 22.5 Å². The average molecular weight is 333 g/mol. The van der Waals surface area contributed by atoms with Crippen molar-refractivity contribution in [2.45, 2.75) is 19.6 Å². The second-order valence-electron chi connectivity index (χ2n) is 6.14. The third kappa shape index (κ3) is 5.33. The van der Waals surface area contributed by atoms with Gasteiger partial charge in [-0.25, -0.2) is 4.39 Å². The lowest BCUT2D eigenvalue weighted by Crippen LogP contribution is -2.16. The van der Waals surface area contributed by atoms with E-state index in [-0.39, 0.29) is 5.82 Å². The summed E-state index contributed by atoms with van der Waals surface area (Å²) < 4.78 is 12.9. The van der Waals surface area contributed by atoms with Crippen molar-refractivity contribution < 1.29 is 4.39 Å². The molecule has 0 aliphatic heterocycles. The van der Waals surface area contributed by atoms with Crippen molar-refractivity contribution in [3.05, 3.63) is 59.4 Å². The van der Waals surface area contributed by atoms with Gasteiger partial charge in [-0.05, 0) is 42.5 Å². The van der Waals surface area contributed by atoms with Gasteiger partial charge in [0.25, 0.3) is 0 Å². The van der Waals surface area contributed by atoms with Crippen molar-refractivity contribution in [1.82, 2.24) is 0 Å². The summed E-state index contributed by atoms with van der Waals surface area (Å²) in [6.45, 7) is 6.44. The first-order valence-corrected chi connectivity index (χ1v) is 10.9. The fraction of sp³-hybridized carbons (Fsp3) is 0.158. The number of benzene rings is 2. The van der Waals surface area contributed by atoms with Crippen LogP contribution in [0.2, 0.25) is 19.6 Å². The quantitative estimate of drug-likeness (QED) is 0.430. The van der Waals surface area contributed by atoms with Crippen molar-refractivity contribution in [1.29, 1.82) is 5.26 Å². The van der Waals surface area contributed by atoms with Crippen LogP contribution in [0.5, 0.6) is 0 Å². The molecule has 0 amide bonds. The van der Waals surface area contributed by atoms with Crippen LogP contribution < -0.4 is 0 Å². The van der Waals surface area contributed by atoms with Crippen LogP contribution in [-0.2, 0) is 0 Å². The molecule has 0 spiro atoms. The van der Waals surface area contributed by atoms with Crippen molar-refractivity contribution in [2.75, 3.05) is 0 Å². The number of hydrogen-bond donors (Lipinski definition) is 0. The highest BCUT2D eigenvalue weighted by Gasteiger charge is 2.08. The smallest absolute Gasteiger partial charge is 0.129 e. The molecule has 0 heterocycles. The second kappa shape index (κ2) is 7.52. The fourth-order valence-corrected chi connectivity index (χ4v) is 2.22. The Morgan fingerprint density at radius 3 is 2.33 bits per heavy atom. The van der Waals surface area contributed by atoms with Gasteiger partial charge < -0.3 is 0 Å². The predicted octanol–water partition coefficient (Wildman–Crippen LogP) is 5.06. The molecule has 0 saturated heterocycles. The van der Waals surface area contributed by atoms with E-state index in [4.69, 9.17) is 5.26 Å².